The van der Waals surface area contributed by atoms with Crippen molar-refractivity contribution in [3.8, 4) is 5.88 Å². The molecule has 0 saturated carbocycles. The first kappa shape index (κ1) is 33.0. The molecule has 6 heteroatoms. The van der Waals surface area contributed by atoms with Crippen LogP contribution in [-0.4, -0.2) is 72.5 Å². The Kier molecular flexibility index (Phi) is 12.1. The van der Waals surface area contributed by atoms with Crippen LogP contribution in [0.5, 0.6) is 5.88 Å². The first-order chi connectivity index (χ1) is 17.4. The first-order valence-electron chi connectivity index (χ1n) is 14.9. The number of hydrogen-bond acceptors (Lipinski definition) is 6. The Morgan fingerprint density at radius 3 is 2.21 bits per heavy atom. The molecular weight excluding hydrogens is 472 g/mol. The molecule has 0 unspecified atom stereocenters. The molecular formula is C32H60N4O2. The number of aromatic nitrogens is 1. The molecule has 1 atom stereocenters. The summed E-state index contributed by atoms with van der Waals surface area (Å²) in [5.74, 6) is 0.696. The highest BCUT2D eigenvalue weighted by atomic mass is 16.5. The van der Waals surface area contributed by atoms with Gasteiger partial charge in [-0.2, -0.15) is 0 Å². The molecule has 6 nitrogen and oxygen atoms in total. The van der Waals surface area contributed by atoms with E-state index in [4.69, 9.17) is 9.47 Å². The number of hydrogen-bond donors (Lipinski definition) is 2. The van der Waals surface area contributed by atoms with Crippen molar-refractivity contribution in [1.29, 1.82) is 0 Å². The number of piperidine rings is 1. The van der Waals surface area contributed by atoms with Gasteiger partial charge in [-0.15, -0.1) is 0 Å². The molecule has 2 heterocycles. The highest BCUT2D eigenvalue weighted by molar-refractivity contribution is 5.26. The summed E-state index contributed by atoms with van der Waals surface area (Å²) in [6, 6.07) is 4.13. The molecule has 1 aromatic rings. The summed E-state index contributed by atoms with van der Waals surface area (Å²) in [7, 11) is 0. The third-order valence-electron chi connectivity index (χ3n) is 7.45. The zero-order valence-electron chi connectivity index (χ0n) is 26.7. The molecule has 38 heavy (non-hydrogen) atoms. The minimum absolute atomic E-state index is 0.00285. The molecule has 0 amide bonds. The number of nitrogens with zero attached hydrogens (tertiary/aromatic N) is 2. The lowest BCUT2D eigenvalue weighted by Crippen LogP contribution is -2.53. The van der Waals surface area contributed by atoms with E-state index in [1.807, 2.05) is 6.20 Å². The number of nitrogens with one attached hydrogen (secondary N) is 2. The maximum absolute atomic E-state index is 6.24. The molecule has 1 fully saturated rings. The summed E-state index contributed by atoms with van der Waals surface area (Å²) in [6.45, 7) is 30.8. The van der Waals surface area contributed by atoms with Crippen LogP contribution in [0.3, 0.4) is 0 Å². The lowest BCUT2D eigenvalue weighted by atomic mass is 9.86. The molecule has 1 aromatic heterocycles. The smallest absolute Gasteiger partial charge is 0.213 e. The Balaban J connectivity index is 1.66. The van der Waals surface area contributed by atoms with Gasteiger partial charge in [-0.3, -0.25) is 0 Å². The monoisotopic (exact) mass is 532 g/mol. The van der Waals surface area contributed by atoms with Crippen molar-refractivity contribution in [3.63, 3.8) is 0 Å². The van der Waals surface area contributed by atoms with Gasteiger partial charge in [0.15, 0.2) is 0 Å². The molecule has 0 spiro atoms. The Morgan fingerprint density at radius 2 is 1.61 bits per heavy atom. The van der Waals surface area contributed by atoms with Crippen molar-refractivity contribution in [2.24, 2.45) is 5.41 Å². The average molecular weight is 533 g/mol. The fourth-order valence-corrected chi connectivity index (χ4v) is 5.25. The van der Waals surface area contributed by atoms with Crippen molar-refractivity contribution >= 4 is 0 Å². The van der Waals surface area contributed by atoms with Crippen LogP contribution >= 0.6 is 0 Å². The molecule has 2 N–H and O–H groups in total. The lowest BCUT2D eigenvalue weighted by Gasteiger charge is -2.37. The highest BCUT2D eigenvalue weighted by Gasteiger charge is 2.29. The summed E-state index contributed by atoms with van der Waals surface area (Å²) in [5.41, 5.74) is 1.70. The Bertz CT molecular complexity index is 817. The highest BCUT2D eigenvalue weighted by Crippen LogP contribution is 2.25. The number of pyridine rings is 1. The van der Waals surface area contributed by atoms with Gasteiger partial charge in [0, 0.05) is 49.5 Å². The van der Waals surface area contributed by atoms with E-state index in [2.05, 4.69) is 109 Å². The van der Waals surface area contributed by atoms with Crippen LogP contribution in [0.2, 0.25) is 0 Å². The maximum atomic E-state index is 6.24. The van der Waals surface area contributed by atoms with Gasteiger partial charge in [0.2, 0.25) is 5.88 Å². The van der Waals surface area contributed by atoms with E-state index in [0.717, 1.165) is 39.0 Å². The van der Waals surface area contributed by atoms with Crippen molar-refractivity contribution in [2.75, 3.05) is 39.3 Å². The minimum Gasteiger partial charge on any atom is -0.473 e. The third-order valence-corrected chi connectivity index (χ3v) is 7.45. The zero-order chi connectivity index (χ0) is 28.6. The molecule has 0 bridgehead atoms. The predicted octanol–water partition coefficient (Wildman–Crippen LogP) is 6.19. The lowest BCUT2D eigenvalue weighted by molar-refractivity contribution is 0.00525. The Labute approximate surface area is 235 Å². The van der Waals surface area contributed by atoms with Crippen LogP contribution in [0.1, 0.15) is 107 Å². The summed E-state index contributed by atoms with van der Waals surface area (Å²) in [6.07, 6.45) is 6.84. The summed E-state index contributed by atoms with van der Waals surface area (Å²) in [5, 5.41) is 7.45. The van der Waals surface area contributed by atoms with Gasteiger partial charge in [0.25, 0.3) is 0 Å². The molecule has 0 radical (unpaired) electrons. The fourth-order valence-electron chi connectivity index (χ4n) is 5.25. The molecule has 1 aliphatic rings. The predicted molar refractivity (Wildman–Crippen MR) is 161 cm³/mol. The van der Waals surface area contributed by atoms with Gasteiger partial charge in [-0.05, 0) is 89.3 Å². The number of ether oxygens (including phenoxy) is 2. The topological polar surface area (TPSA) is 58.7 Å². The van der Waals surface area contributed by atoms with Crippen LogP contribution in [0.4, 0.5) is 0 Å². The van der Waals surface area contributed by atoms with E-state index >= 15 is 0 Å². The molecule has 220 valence electrons. The molecule has 0 aliphatic carbocycles. The Morgan fingerprint density at radius 1 is 0.974 bits per heavy atom. The normalized spacial score (nSPS) is 17.6. The van der Waals surface area contributed by atoms with E-state index in [9.17, 15) is 0 Å². The largest absolute Gasteiger partial charge is 0.473 e. The van der Waals surface area contributed by atoms with Gasteiger partial charge in [0.05, 0.1) is 12.7 Å². The Hall–Kier alpha value is -1.21. The van der Waals surface area contributed by atoms with E-state index in [1.54, 1.807) is 0 Å². The van der Waals surface area contributed by atoms with E-state index in [0.29, 0.717) is 17.4 Å². The second-order valence-electron chi connectivity index (χ2n) is 15.0. The zero-order valence-corrected chi connectivity index (χ0v) is 26.7. The van der Waals surface area contributed by atoms with Crippen LogP contribution in [0, 0.1) is 5.41 Å². The van der Waals surface area contributed by atoms with Gasteiger partial charge in [0.1, 0.15) is 6.10 Å². The van der Waals surface area contributed by atoms with Crippen LogP contribution in [0.15, 0.2) is 18.3 Å². The van der Waals surface area contributed by atoms with Crippen molar-refractivity contribution < 1.29 is 9.47 Å². The third kappa shape index (κ3) is 13.2. The summed E-state index contributed by atoms with van der Waals surface area (Å²) < 4.78 is 12.4. The standard InChI is InChI=1S/C32H60N4O2/c1-25(38-28-22-26(12-16-33-28)30(5,6)7)23-35-32(10,11)24-31(8,9)34-17-21-37-27-13-18-36(19-14-27)20-15-29(2,3)4/h12,16,22,25,27,34-35H,13-15,17-21,23-24H2,1-11H3/t25-/m1/s1. The second kappa shape index (κ2) is 13.9. The second-order valence-corrected chi connectivity index (χ2v) is 15.0. The van der Waals surface area contributed by atoms with E-state index < -0.39 is 0 Å². The summed E-state index contributed by atoms with van der Waals surface area (Å²) >= 11 is 0. The first-order valence-corrected chi connectivity index (χ1v) is 14.9. The molecule has 1 saturated heterocycles. The molecule has 2 rings (SSSR count). The van der Waals surface area contributed by atoms with E-state index in [-0.39, 0.29) is 22.6 Å². The van der Waals surface area contributed by atoms with Gasteiger partial charge in [-0.25, -0.2) is 4.98 Å². The summed E-state index contributed by atoms with van der Waals surface area (Å²) in [4.78, 5) is 7.02. The average Bonchev–Trinajstić information content (AvgIpc) is 2.78. The van der Waals surface area contributed by atoms with Crippen molar-refractivity contribution in [1.82, 2.24) is 20.5 Å². The van der Waals surface area contributed by atoms with Gasteiger partial charge < -0.3 is 25.0 Å². The van der Waals surface area contributed by atoms with Gasteiger partial charge in [-0.1, -0.05) is 41.5 Å². The fraction of sp³-hybridized carbons (Fsp3) is 0.844. The van der Waals surface area contributed by atoms with Crippen LogP contribution < -0.4 is 15.4 Å². The maximum Gasteiger partial charge on any atom is 0.213 e. The SMILES string of the molecule is C[C@H](CNC(C)(C)CC(C)(C)NCCOC1CCN(CCC(C)(C)C)CC1)Oc1cc(C(C)(C)C)ccn1. The molecule has 1 aliphatic heterocycles. The van der Waals surface area contributed by atoms with Crippen LogP contribution in [-0.2, 0) is 10.2 Å². The van der Waals surface area contributed by atoms with Crippen LogP contribution in [0.25, 0.3) is 0 Å². The van der Waals surface area contributed by atoms with Crippen molar-refractivity contribution in [2.45, 2.75) is 131 Å². The number of likely N-dealkylation sites (tertiary alicyclic amines) is 1. The van der Waals surface area contributed by atoms with Crippen molar-refractivity contribution in [3.05, 3.63) is 23.9 Å². The number of rotatable bonds is 14. The minimum atomic E-state index is -0.0322. The van der Waals surface area contributed by atoms with Gasteiger partial charge >= 0.3 is 0 Å². The molecule has 0 aromatic carbocycles. The quantitative estimate of drug-likeness (QED) is 0.279. The van der Waals surface area contributed by atoms with E-state index in [1.165, 1.54) is 31.6 Å².